The lowest BCUT2D eigenvalue weighted by Crippen LogP contribution is -2.29. The van der Waals surface area contributed by atoms with Gasteiger partial charge in [0.15, 0.2) is 0 Å². The molecular weight excluding hydrogens is 357 g/mol. The van der Waals surface area contributed by atoms with Crippen LogP contribution in [0, 0.1) is 5.82 Å². The van der Waals surface area contributed by atoms with Crippen molar-refractivity contribution in [2.45, 2.75) is 39.7 Å². The van der Waals surface area contributed by atoms with Gasteiger partial charge in [-0.3, -0.25) is 14.3 Å². The monoisotopic (exact) mass is 379 g/mol. The minimum Gasteiger partial charge on any atom is -0.482 e. The number of rotatable bonds is 6. The number of benzene rings is 2. The van der Waals surface area contributed by atoms with Gasteiger partial charge in [-0.2, -0.15) is 0 Å². The molecule has 0 fully saturated rings. The lowest BCUT2D eigenvalue weighted by atomic mass is 10.1. The maximum absolute atomic E-state index is 13.4. The minimum atomic E-state index is -0.218. The van der Waals surface area contributed by atoms with Gasteiger partial charge in [0, 0.05) is 19.6 Å². The van der Waals surface area contributed by atoms with E-state index in [0.29, 0.717) is 32.1 Å². The normalized spacial score (nSPS) is 13.5. The molecule has 2 heterocycles. The number of ether oxygens (including phenoxy) is 1. The molecule has 1 aliphatic heterocycles. The average molecular weight is 379 g/mol. The molecule has 1 aliphatic rings. The van der Waals surface area contributed by atoms with Gasteiger partial charge in [-0.05, 0) is 35.7 Å². The highest BCUT2D eigenvalue weighted by Crippen LogP contribution is 2.24. The second-order valence-electron chi connectivity index (χ2n) is 6.92. The van der Waals surface area contributed by atoms with E-state index in [1.54, 1.807) is 10.6 Å². The number of fused-ring (bicyclic) bond motifs is 1. The first-order valence-corrected chi connectivity index (χ1v) is 9.39. The Hall–Kier alpha value is -2.99. The second-order valence-corrected chi connectivity index (χ2v) is 6.92. The molecule has 1 aromatic heterocycles. The number of nitrogens with zero attached hydrogens (tertiary/aromatic N) is 3. The van der Waals surface area contributed by atoms with Gasteiger partial charge in [-0.1, -0.05) is 36.4 Å². The van der Waals surface area contributed by atoms with Gasteiger partial charge in [0.1, 0.15) is 18.2 Å². The van der Waals surface area contributed by atoms with E-state index in [0.717, 1.165) is 23.2 Å². The third-order valence-corrected chi connectivity index (χ3v) is 4.97. The Balaban J connectivity index is 1.49. The molecule has 28 heavy (non-hydrogen) atoms. The molecule has 0 bridgehead atoms. The van der Waals surface area contributed by atoms with Crippen LogP contribution in [0.1, 0.15) is 29.4 Å². The first-order chi connectivity index (χ1) is 13.6. The molecule has 0 N–H and O–H groups in total. The second kappa shape index (κ2) is 7.94. The van der Waals surface area contributed by atoms with Crippen molar-refractivity contribution in [2.75, 3.05) is 0 Å². The van der Waals surface area contributed by atoms with E-state index in [1.165, 1.54) is 12.3 Å². The highest BCUT2D eigenvalue weighted by molar-refractivity contribution is 5.31. The molecule has 4 rings (SSSR count). The Morgan fingerprint density at radius 2 is 1.89 bits per heavy atom. The molecule has 0 radical (unpaired) electrons. The summed E-state index contributed by atoms with van der Waals surface area (Å²) in [7, 11) is 0. The highest BCUT2D eigenvalue weighted by Gasteiger charge is 2.21. The predicted molar refractivity (Wildman–Crippen MR) is 104 cm³/mol. The predicted octanol–water partition coefficient (Wildman–Crippen LogP) is 3.50. The van der Waals surface area contributed by atoms with Crippen LogP contribution in [-0.2, 0) is 32.8 Å². The number of aromatic nitrogens is 2. The summed E-state index contributed by atoms with van der Waals surface area (Å²) in [5.74, 6) is 0.721. The van der Waals surface area contributed by atoms with E-state index in [4.69, 9.17) is 4.74 Å². The molecule has 5 nitrogen and oxygen atoms in total. The Kier molecular flexibility index (Phi) is 5.21. The van der Waals surface area contributed by atoms with Gasteiger partial charge < -0.3 is 4.74 Å². The van der Waals surface area contributed by atoms with Crippen molar-refractivity contribution in [1.82, 2.24) is 14.5 Å². The van der Waals surface area contributed by atoms with Crippen molar-refractivity contribution in [1.29, 1.82) is 0 Å². The SMILES string of the molecule is CCn1c(CN2Cc3ccc(F)cc3C2)ncc(OCc2ccccc2)c1=O. The summed E-state index contributed by atoms with van der Waals surface area (Å²) in [6.45, 7) is 4.66. The first-order valence-electron chi connectivity index (χ1n) is 9.39. The van der Waals surface area contributed by atoms with Crippen LogP contribution in [0.3, 0.4) is 0 Å². The van der Waals surface area contributed by atoms with Gasteiger partial charge in [-0.25, -0.2) is 9.37 Å². The standard InChI is InChI=1S/C22H22FN3O2/c1-2-26-21(14-25-12-17-8-9-19(23)10-18(17)13-25)24-11-20(22(26)27)28-15-16-6-4-3-5-7-16/h3-11H,2,12-15H2,1H3. The van der Waals surface area contributed by atoms with Crippen LogP contribution in [0.2, 0.25) is 0 Å². The lowest BCUT2D eigenvalue weighted by Gasteiger charge is -2.18. The molecule has 0 saturated carbocycles. The smallest absolute Gasteiger partial charge is 0.295 e. The van der Waals surface area contributed by atoms with Gasteiger partial charge >= 0.3 is 0 Å². The van der Waals surface area contributed by atoms with E-state index in [-0.39, 0.29) is 17.1 Å². The van der Waals surface area contributed by atoms with Gasteiger partial charge in [0.2, 0.25) is 5.75 Å². The fourth-order valence-electron chi connectivity index (χ4n) is 3.54. The summed E-state index contributed by atoms with van der Waals surface area (Å²) < 4.78 is 20.8. The molecule has 0 amide bonds. The van der Waals surface area contributed by atoms with Crippen LogP contribution in [-0.4, -0.2) is 14.5 Å². The fourth-order valence-corrected chi connectivity index (χ4v) is 3.54. The zero-order valence-electron chi connectivity index (χ0n) is 15.8. The van der Waals surface area contributed by atoms with Crippen LogP contribution in [0.4, 0.5) is 4.39 Å². The van der Waals surface area contributed by atoms with Crippen LogP contribution < -0.4 is 10.3 Å². The summed E-state index contributed by atoms with van der Waals surface area (Å²) >= 11 is 0. The van der Waals surface area contributed by atoms with Crippen molar-refractivity contribution in [3.8, 4) is 5.75 Å². The van der Waals surface area contributed by atoms with Crippen molar-refractivity contribution in [2.24, 2.45) is 0 Å². The van der Waals surface area contributed by atoms with E-state index in [1.807, 2.05) is 43.3 Å². The summed E-state index contributed by atoms with van der Waals surface area (Å²) in [5, 5.41) is 0. The first kappa shape index (κ1) is 18.4. The van der Waals surface area contributed by atoms with Gasteiger partial charge in [0.05, 0.1) is 12.7 Å². The third-order valence-electron chi connectivity index (χ3n) is 4.97. The average Bonchev–Trinajstić information content (AvgIpc) is 3.10. The zero-order chi connectivity index (χ0) is 19.5. The summed E-state index contributed by atoms with van der Waals surface area (Å²) in [6.07, 6.45) is 1.51. The van der Waals surface area contributed by atoms with Crippen molar-refractivity contribution >= 4 is 0 Å². The Morgan fingerprint density at radius 3 is 2.68 bits per heavy atom. The van der Waals surface area contributed by atoms with E-state index >= 15 is 0 Å². The molecule has 0 unspecified atom stereocenters. The molecule has 0 atom stereocenters. The van der Waals surface area contributed by atoms with E-state index in [2.05, 4.69) is 9.88 Å². The molecule has 6 heteroatoms. The fraction of sp³-hybridized carbons (Fsp3) is 0.273. The number of hydrogen-bond acceptors (Lipinski definition) is 4. The van der Waals surface area contributed by atoms with Crippen LogP contribution in [0.15, 0.2) is 59.5 Å². The lowest BCUT2D eigenvalue weighted by molar-refractivity contribution is 0.257. The molecule has 0 saturated heterocycles. The Labute approximate surface area is 163 Å². The quantitative estimate of drug-likeness (QED) is 0.658. The van der Waals surface area contributed by atoms with Crippen molar-refractivity contribution in [3.05, 3.63) is 93.4 Å². The van der Waals surface area contributed by atoms with Gasteiger partial charge in [-0.15, -0.1) is 0 Å². The number of hydrogen-bond donors (Lipinski definition) is 0. The Bertz CT molecular complexity index is 1030. The molecule has 0 spiro atoms. The molecule has 144 valence electrons. The third kappa shape index (κ3) is 3.82. The summed E-state index contributed by atoms with van der Waals surface area (Å²) in [6, 6.07) is 14.6. The van der Waals surface area contributed by atoms with Crippen molar-refractivity contribution < 1.29 is 9.13 Å². The maximum atomic E-state index is 13.4. The topological polar surface area (TPSA) is 47.4 Å². The zero-order valence-corrected chi connectivity index (χ0v) is 15.8. The van der Waals surface area contributed by atoms with Crippen LogP contribution in [0.5, 0.6) is 5.75 Å². The Morgan fingerprint density at radius 1 is 1.11 bits per heavy atom. The van der Waals surface area contributed by atoms with E-state index in [9.17, 15) is 9.18 Å². The van der Waals surface area contributed by atoms with Gasteiger partial charge in [0.25, 0.3) is 5.56 Å². The summed E-state index contributed by atoms with van der Waals surface area (Å²) in [5.41, 5.74) is 2.94. The number of halogens is 1. The molecule has 2 aromatic carbocycles. The van der Waals surface area contributed by atoms with Crippen molar-refractivity contribution in [3.63, 3.8) is 0 Å². The van der Waals surface area contributed by atoms with E-state index < -0.39 is 0 Å². The maximum Gasteiger partial charge on any atom is 0.295 e. The minimum absolute atomic E-state index is 0.175. The molecule has 3 aromatic rings. The highest BCUT2D eigenvalue weighted by atomic mass is 19.1. The van der Waals surface area contributed by atoms with Crippen LogP contribution in [0.25, 0.3) is 0 Å². The molecule has 0 aliphatic carbocycles. The largest absolute Gasteiger partial charge is 0.482 e. The summed E-state index contributed by atoms with van der Waals surface area (Å²) in [4.78, 5) is 19.5. The molecular formula is C22H22FN3O2. The van der Waals surface area contributed by atoms with Crippen LogP contribution >= 0.6 is 0 Å².